The van der Waals surface area contributed by atoms with E-state index in [9.17, 15) is 0 Å². The van der Waals surface area contributed by atoms with Gasteiger partial charge in [-0.15, -0.1) is 0 Å². The maximum atomic E-state index is 8.63. The average Bonchev–Trinajstić information content (AvgIpc) is 2.71. The molecule has 0 amide bonds. The smallest absolute Gasteiger partial charge is 0.215 e. The Morgan fingerprint density at radius 2 is 0.647 bits per heavy atom. The van der Waals surface area contributed by atoms with Crippen molar-refractivity contribution in [3.8, 4) is 0 Å². The van der Waals surface area contributed by atoms with Gasteiger partial charge >= 0.3 is 0 Å². The number of rotatable bonds is 15. The maximum absolute atomic E-state index is 8.63. The molecule has 0 aromatic heterocycles. The van der Waals surface area contributed by atoms with Crippen LogP contribution in [-0.2, 0) is 20.8 Å². The van der Waals surface area contributed by atoms with Crippen molar-refractivity contribution in [3.05, 3.63) is 0 Å². The average molecular weight is 542 g/mol. The minimum absolute atomic E-state index is 1.11. The summed E-state index contributed by atoms with van der Waals surface area (Å²) in [6, 6.07) is 0. The number of quaternary nitrogens is 3. The Morgan fingerprint density at radius 3 is 0.765 bits per heavy atom. The molecular weight excluding hydrogens is 486 g/mol. The number of unbranched alkanes of at least 4 members (excludes halogenated alkanes) is 12. The lowest BCUT2D eigenvalue weighted by atomic mass is 10.2. The Hall–Kier alpha value is -0.380. The van der Waals surface area contributed by atoms with E-state index in [-0.39, 0.29) is 0 Å². The second kappa shape index (κ2) is 37.2. The zero-order valence-corrected chi connectivity index (χ0v) is 23.6. The highest BCUT2D eigenvalue weighted by Gasteiger charge is 1.86. The first-order valence-electron chi connectivity index (χ1n) is 12.5. The molecule has 0 aromatic rings. The molecule has 0 spiro atoms. The van der Waals surface area contributed by atoms with Crippen LogP contribution in [0.1, 0.15) is 117 Å². The predicted octanol–water partition coefficient (Wildman–Crippen LogP) is 1.26. The van der Waals surface area contributed by atoms with Gasteiger partial charge in [0.2, 0.25) is 10.4 Å². The van der Waals surface area contributed by atoms with E-state index in [2.05, 4.69) is 38.0 Å². The van der Waals surface area contributed by atoms with E-state index >= 15 is 0 Å². The van der Waals surface area contributed by atoms with Crippen LogP contribution >= 0.6 is 0 Å². The van der Waals surface area contributed by atoms with Gasteiger partial charge in [-0.05, 0) is 38.5 Å². The lowest BCUT2D eigenvalue weighted by Crippen LogP contribution is -2.50. The molecule has 0 saturated carbocycles. The fourth-order valence-corrected chi connectivity index (χ4v) is 2.34. The van der Waals surface area contributed by atoms with Crippen LogP contribution in [0, 0.1) is 0 Å². The van der Waals surface area contributed by atoms with Gasteiger partial charge in [-0.25, -0.2) is 8.42 Å². The topological polar surface area (TPSA) is 241 Å². The molecule has 0 rings (SSSR count). The molecule has 214 valence electrons. The van der Waals surface area contributed by atoms with Gasteiger partial charge in [0, 0.05) is 10.4 Å². The minimum Gasteiger partial charge on any atom is -0.759 e. The molecule has 0 aromatic carbocycles. The SMILES string of the molecule is CCCCCCC[NH3+].CCCCCCC[NH3+].CCCCCCC[NH3+].O=S(=O)([O-])O.O=S(=O)([O-])[O-]. The number of hydrogen-bond donors (Lipinski definition) is 4. The molecule has 34 heavy (non-hydrogen) atoms. The van der Waals surface area contributed by atoms with Crippen LogP contribution in [0.25, 0.3) is 0 Å². The molecule has 11 nitrogen and oxygen atoms in total. The zero-order chi connectivity index (χ0) is 27.7. The lowest BCUT2D eigenvalue weighted by Gasteiger charge is -2.06. The van der Waals surface area contributed by atoms with Gasteiger partial charge in [0.25, 0.3) is 0 Å². The highest BCUT2D eigenvalue weighted by atomic mass is 32.3. The van der Waals surface area contributed by atoms with E-state index in [0.29, 0.717) is 0 Å². The monoisotopic (exact) mass is 541 g/mol. The summed E-state index contributed by atoms with van der Waals surface area (Å²) in [4.78, 5) is 0. The second-order valence-corrected chi connectivity index (χ2v) is 9.31. The Bertz CT molecular complexity index is 442. The molecular formula is C21H55N3O8S2. The molecule has 10 N–H and O–H groups in total. The lowest BCUT2D eigenvalue weighted by molar-refractivity contribution is -0.368. The zero-order valence-electron chi connectivity index (χ0n) is 22.0. The minimum atomic E-state index is -5.17. The predicted molar refractivity (Wildman–Crippen MR) is 132 cm³/mol. The molecule has 0 saturated heterocycles. The van der Waals surface area contributed by atoms with Gasteiger partial charge in [-0.2, -0.15) is 0 Å². The largest absolute Gasteiger partial charge is 0.759 e. The van der Waals surface area contributed by atoms with Gasteiger partial charge in [-0.1, -0.05) is 78.6 Å². The Labute approximate surface area is 209 Å². The molecule has 0 aliphatic rings. The summed E-state index contributed by atoms with van der Waals surface area (Å²) in [5, 5.41) is 0. The van der Waals surface area contributed by atoms with Crippen molar-refractivity contribution in [3.63, 3.8) is 0 Å². The van der Waals surface area contributed by atoms with E-state index in [4.69, 9.17) is 35.0 Å². The van der Waals surface area contributed by atoms with E-state index in [0.717, 1.165) is 19.6 Å². The highest BCUT2D eigenvalue weighted by Crippen LogP contribution is 2.01. The van der Waals surface area contributed by atoms with Crippen molar-refractivity contribution in [2.45, 2.75) is 117 Å². The van der Waals surface area contributed by atoms with Crippen LogP contribution < -0.4 is 17.2 Å². The molecule has 0 aliphatic heterocycles. The first kappa shape index (κ1) is 43.7. The summed E-state index contributed by atoms with van der Waals surface area (Å²) in [6.07, 6.45) is 20.6. The van der Waals surface area contributed by atoms with E-state index in [1.807, 2.05) is 0 Å². The standard InChI is InChI=1S/3C7H17N.2H2O4S/c3*1-2-3-4-5-6-7-8;2*1-5(2,3)4/h3*2-8H2,1H3;2*(H2,1,2,3,4). The summed E-state index contributed by atoms with van der Waals surface area (Å²) in [6.45, 7) is 10.1. The van der Waals surface area contributed by atoms with Gasteiger partial charge in [0.15, 0.2) is 0 Å². The summed E-state index contributed by atoms with van der Waals surface area (Å²) >= 11 is 0. The van der Waals surface area contributed by atoms with Crippen molar-refractivity contribution >= 4 is 20.8 Å². The summed E-state index contributed by atoms with van der Waals surface area (Å²) in [7, 11) is -10.1. The van der Waals surface area contributed by atoms with Gasteiger partial charge < -0.3 is 30.9 Å². The molecule has 0 heterocycles. The summed E-state index contributed by atoms with van der Waals surface area (Å²) < 4.78 is 66.9. The summed E-state index contributed by atoms with van der Waals surface area (Å²) in [5.74, 6) is 0. The Morgan fingerprint density at radius 1 is 0.500 bits per heavy atom. The van der Waals surface area contributed by atoms with Crippen molar-refractivity contribution < 1.29 is 52.2 Å². The third-order valence-corrected chi connectivity index (χ3v) is 4.06. The quantitative estimate of drug-likeness (QED) is 0.133. The Balaban J connectivity index is -0.000000105. The van der Waals surface area contributed by atoms with Crippen molar-refractivity contribution in [1.29, 1.82) is 0 Å². The first-order valence-corrected chi connectivity index (χ1v) is 15.2. The highest BCUT2D eigenvalue weighted by molar-refractivity contribution is 7.80. The van der Waals surface area contributed by atoms with Gasteiger partial charge in [0.1, 0.15) is 0 Å². The van der Waals surface area contributed by atoms with Crippen molar-refractivity contribution in [1.82, 2.24) is 0 Å². The van der Waals surface area contributed by atoms with Crippen LogP contribution in [0.5, 0.6) is 0 Å². The molecule has 0 bridgehead atoms. The van der Waals surface area contributed by atoms with Gasteiger partial charge in [0.05, 0.1) is 19.6 Å². The molecule has 0 unspecified atom stereocenters. The van der Waals surface area contributed by atoms with Crippen molar-refractivity contribution in [2.75, 3.05) is 19.6 Å². The van der Waals surface area contributed by atoms with E-state index in [1.165, 1.54) is 96.3 Å². The molecule has 13 heteroatoms. The van der Waals surface area contributed by atoms with Crippen LogP contribution in [0.15, 0.2) is 0 Å². The molecule has 0 aliphatic carbocycles. The van der Waals surface area contributed by atoms with E-state index < -0.39 is 20.8 Å². The van der Waals surface area contributed by atoms with Crippen LogP contribution in [0.3, 0.4) is 0 Å². The third-order valence-electron chi connectivity index (χ3n) is 4.06. The molecule has 0 radical (unpaired) electrons. The van der Waals surface area contributed by atoms with Crippen LogP contribution in [0.2, 0.25) is 0 Å². The van der Waals surface area contributed by atoms with Crippen LogP contribution in [0.4, 0.5) is 0 Å². The first-order chi connectivity index (χ1) is 15.7. The normalized spacial score (nSPS) is 10.3. The maximum Gasteiger partial charge on any atom is 0.215 e. The molecule has 0 atom stereocenters. The fourth-order valence-electron chi connectivity index (χ4n) is 2.34. The van der Waals surface area contributed by atoms with Gasteiger partial charge in [-0.3, -0.25) is 13.0 Å². The molecule has 0 fully saturated rings. The van der Waals surface area contributed by atoms with E-state index in [1.54, 1.807) is 0 Å². The van der Waals surface area contributed by atoms with Crippen molar-refractivity contribution in [2.24, 2.45) is 0 Å². The fraction of sp³-hybridized carbons (Fsp3) is 1.00. The third kappa shape index (κ3) is 139. The Kier molecular flexibility index (Phi) is 47.8. The summed E-state index contributed by atoms with van der Waals surface area (Å²) in [5.41, 5.74) is 11.3. The van der Waals surface area contributed by atoms with Crippen LogP contribution in [-0.4, -0.2) is 54.7 Å². The number of hydrogen-bond acceptors (Lipinski definition) is 7. The second-order valence-electron chi connectivity index (χ2n) is 7.64.